The Morgan fingerprint density at radius 2 is 1.74 bits per heavy atom. The van der Waals surface area contributed by atoms with Crippen molar-refractivity contribution in [1.29, 1.82) is 0 Å². The Labute approximate surface area is 206 Å². The first-order valence-corrected chi connectivity index (χ1v) is 12.4. The second-order valence-corrected chi connectivity index (χ2v) is 9.36. The topological polar surface area (TPSA) is 81.2 Å². The van der Waals surface area contributed by atoms with Gasteiger partial charge in [0.2, 0.25) is 0 Å². The molecule has 0 bridgehead atoms. The maximum absolute atomic E-state index is 11.8. The van der Waals surface area contributed by atoms with Gasteiger partial charge in [-0.05, 0) is 72.8 Å². The quantitative estimate of drug-likeness (QED) is 0.298. The zero-order valence-electron chi connectivity index (χ0n) is 20.2. The van der Waals surface area contributed by atoms with Crippen LogP contribution in [0.15, 0.2) is 60.7 Å². The highest BCUT2D eigenvalue weighted by atomic mass is 16.4. The Balaban J connectivity index is 1.32. The molecule has 2 heterocycles. The summed E-state index contributed by atoms with van der Waals surface area (Å²) in [5.74, 6) is -0.266. The summed E-state index contributed by atoms with van der Waals surface area (Å²) in [5, 5.41) is 13.3. The van der Waals surface area contributed by atoms with Crippen molar-refractivity contribution in [3.63, 3.8) is 0 Å². The summed E-state index contributed by atoms with van der Waals surface area (Å²) >= 11 is 0. The Morgan fingerprint density at radius 1 is 1.00 bits per heavy atom. The van der Waals surface area contributed by atoms with Crippen LogP contribution < -0.4 is 5.32 Å². The van der Waals surface area contributed by atoms with Crippen LogP contribution in [0.3, 0.4) is 0 Å². The number of carboxylic acid groups (broad SMARTS) is 1. The van der Waals surface area contributed by atoms with E-state index >= 15 is 0 Å². The van der Waals surface area contributed by atoms with Crippen LogP contribution in [-0.2, 0) is 6.54 Å². The number of hydrogen-bond acceptors (Lipinski definition) is 4. The van der Waals surface area contributed by atoms with Crippen LogP contribution in [0.5, 0.6) is 0 Å². The van der Waals surface area contributed by atoms with E-state index in [0.717, 1.165) is 41.8 Å². The van der Waals surface area contributed by atoms with Crippen LogP contribution in [0.4, 0.5) is 0 Å². The number of fused-ring (bicyclic) bond motifs is 1. The fourth-order valence-corrected chi connectivity index (χ4v) is 5.01. The second-order valence-electron chi connectivity index (χ2n) is 9.36. The van der Waals surface area contributed by atoms with Crippen molar-refractivity contribution < 1.29 is 9.90 Å². The van der Waals surface area contributed by atoms with Crippen molar-refractivity contribution in [3.8, 4) is 22.3 Å². The third-order valence-electron chi connectivity index (χ3n) is 6.85. The van der Waals surface area contributed by atoms with E-state index in [2.05, 4.69) is 68.7 Å². The largest absolute Gasteiger partial charge is 0.478 e. The van der Waals surface area contributed by atoms with Crippen molar-refractivity contribution in [2.45, 2.75) is 32.7 Å². The highest BCUT2D eigenvalue weighted by Crippen LogP contribution is 2.30. The number of carboxylic acids is 1. The first kappa shape index (κ1) is 23.3. The fraction of sp³-hybridized carbons (Fsp3) is 0.310. The van der Waals surface area contributed by atoms with E-state index in [9.17, 15) is 9.90 Å². The predicted molar refractivity (Wildman–Crippen MR) is 141 cm³/mol. The van der Waals surface area contributed by atoms with E-state index in [0.29, 0.717) is 11.3 Å². The van der Waals surface area contributed by atoms with E-state index in [1.54, 1.807) is 6.07 Å². The fourth-order valence-electron chi connectivity index (χ4n) is 5.01. The van der Waals surface area contributed by atoms with Crippen molar-refractivity contribution >= 4 is 17.0 Å². The molecule has 3 aromatic carbocycles. The number of benzene rings is 3. The van der Waals surface area contributed by atoms with Gasteiger partial charge in [0.05, 0.1) is 11.1 Å². The number of aryl methyl sites for hydroxylation is 1. The molecule has 0 aliphatic carbocycles. The molecule has 180 valence electrons. The first-order chi connectivity index (χ1) is 17.1. The van der Waals surface area contributed by atoms with Crippen molar-refractivity contribution in [2.24, 2.45) is 0 Å². The average Bonchev–Trinajstić information content (AvgIpc) is 3.27. The minimum atomic E-state index is -0.971. The van der Waals surface area contributed by atoms with Gasteiger partial charge in [0.15, 0.2) is 0 Å². The zero-order chi connectivity index (χ0) is 24.2. The summed E-state index contributed by atoms with van der Waals surface area (Å²) in [7, 11) is 0. The molecule has 0 spiro atoms. The number of nitrogens with one attached hydrogen (secondary N) is 2. The molecule has 0 amide bonds. The second kappa shape index (κ2) is 10.4. The Bertz CT molecular complexity index is 1320. The third kappa shape index (κ3) is 5.29. The van der Waals surface area contributed by atoms with Crippen LogP contribution in [-0.4, -0.2) is 52.1 Å². The third-order valence-corrected chi connectivity index (χ3v) is 6.85. The number of imidazole rings is 1. The monoisotopic (exact) mass is 468 g/mol. The lowest BCUT2D eigenvalue weighted by atomic mass is 9.96. The minimum absolute atomic E-state index is 0.215. The molecule has 35 heavy (non-hydrogen) atoms. The number of aromatic nitrogens is 2. The molecule has 1 fully saturated rings. The van der Waals surface area contributed by atoms with E-state index < -0.39 is 5.97 Å². The zero-order valence-corrected chi connectivity index (χ0v) is 20.2. The summed E-state index contributed by atoms with van der Waals surface area (Å²) in [5.41, 5.74) is 6.93. The normalized spacial score (nSPS) is 14.4. The SMILES string of the molecule is Cc1nc2c(C(=O)O)cc(-c3ccc(-c4ccccc4CNCCN4CCCCC4)cc3)cc2[nH]1. The number of piperidine rings is 1. The van der Waals surface area contributed by atoms with Crippen LogP contribution in [0.1, 0.15) is 41.0 Å². The molecule has 0 unspecified atom stereocenters. The molecule has 4 aromatic rings. The molecule has 0 atom stereocenters. The average molecular weight is 469 g/mol. The standard InChI is InChI=1S/C29H32N4O2/c1-20-31-27-18-24(17-26(29(34)35)28(27)32-20)21-9-11-22(12-10-21)25-8-4-3-7-23(25)19-30-13-16-33-14-5-2-6-15-33/h3-4,7-12,17-18,30H,2,5-6,13-16,19H2,1H3,(H,31,32)(H,34,35). The Morgan fingerprint density at radius 3 is 2.51 bits per heavy atom. The maximum Gasteiger partial charge on any atom is 0.337 e. The van der Waals surface area contributed by atoms with E-state index in [4.69, 9.17) is 0 Å². The molecule has 1 aromatic heterocycles. The van der Waals surface area contributed by atoms with E-state index in [-0.39, 0.29) is 5.56 Å². The molecule has 0 radical (unpaired) electrons. The highest BCUT2D eigenvalue weighted by molar-refractivity contribution is 6.03. The number of likely N-dealkylation sites (tertiary alicyclic amines) is 1. The van der Waals surface area contributed by atoms with Crippen LogP contribution in [0, 0.1) is 6.92 Å². The number of nitrogens with zero attached hydrogens (tertiary/aromatic N) is 2. The summed E-state index contributed by atoms with van der Waals surface area (Å²) in [4.78, 5) is 21.9. The van der Waals surface area contributed by atoms with Crippen molar-refractivity contribution in [2.75, 3.05) is 26.2 Å². The molecule has 1 aliphatic rings. The molecule has 5 rings (SSSR count). The number of rotatable bonds is 8. The van der Waals surface area contributed by atoms with Gasteiger partial charge in [-0.3, -0.25) is 0 Å². The van der Waals surface area contributed by atoms with E-state index in [1.165, 1.54) is 43.5 Å². The lowest BCUT2D eigenvalue weighted by molar-refractivity contribution is 0.0699. The summed E-state index contributed by atoms with van der Waals surface area (Å²) in [6.07, 6.45) is 4.02. The van der Waals surface area contributed by atoms with Gasteiger partial charge in [0.1, 0.15) is 11.3 Å². The number of H-pyrrole nitrogens is 1. The van der Waals surface area contributed by atoms with E-state index in [1.807, 2.05) is 13.0 Å². The lowest BCUT2D eigenvalue weighted by Gasteiger charge is -2.26. The van der Waals surface area contributed by atoms with Crippen LogP contribution in [0.25, 0.3) is 33.3 Å². The van der Waals surface area contributed by atoms with Gasteiger partial charge in [-0.15, -0.1) is 0 Å². The number of aromatic carboxylic acids is 1. The van der Waals surface area contributed by atoms with Crippen molar-refractivity contribution in [1.82, 2.24) is 20.2 Å². The van der Waals surface area contributed by atoms with Crippen LogP contribution >= 0.6 is 0 Å². The number of carbonyl (C=O) groups is 1. The lowest BCUT2D eigenvalue weighted by Crippen LogP contribution is -2.35. The van der Waals surface area contributed by atoms with Crippen molar-refractivity contribution in [3.05, 3.63) is 77.6 Å². The van der Waals surface area contributed by atoms with Gasteiger partial charge in [-0.2, -0.15) is 0 Å². The summed E-state index contributed by atoms with van der Waals surface area (Å²) in [6.45, 7) is 7.23. The molecule has 1 saturated heterocycles. The Kier molecular flexibility index (Phi) is 6.93. The number of aromatic amines is 1. The van der Waals surface area contributed by atoms with Gasteiger partial charge in [-0.1, -0.05) is 55.0 Å². The molecule has 6 nitrogen and oxygen atoms in total. The molecule has 6 heteroatoms. The van der Waals surface area contributed by atoms with Gasteiger partial charge in [0.25, 0.3) is 0 Å². The molecule has 1 aliphatic heterocycles. The van der Waals surface area contributed by atoms with Gasteiger partial charge in [-0.25, -0.2) is 9.78 Å². The summed E-state index contributed by atoms with van der Waals surface area (Å²) in [6, 6.07) is 20.6. The van der Waals surface area contributed by atoms with Crippen LogP contribution in [0.2, 0.25) is 0 Å². The maximum atomic E-state index is 11.8. The summed E-state index contributed by atoms with van der Waals surface area (Å²) < 4.78 is 0. The highest BCUT2D eigenvalue weighted by Gasteiger charge is 2.15. The van der Waals surface area contributed by atoms with Gasteiger partial charge in [0, 0.05) is 19.6 Å². The Hall–Kier alpha value is -3.48. The molecule has 3 N–H and O–H groups in total. The molecule has 0 saturated carbocycles. The first-order valence-electron chi connectivity index (χ1n) is 12.4. The molecular formula is C29H32N4O2. The molecular weight excluding hydrogens is 436 g/mol. The van der Waals surface area contributed by atoms with Gasteiger partial charge < -0.3 is 20.3 Å². The number of hydrogen-bond donors (Lipinski definition) is 3. The predicted octanol–water partition coefficient (Wildman–Crippen LogP) is 5.48. The minimum Gasteiger partial charge on any atom is -0.478 e. The van der Waals surface area contributed by atoms with Gasteiger partial charge >= 0.3 is 5.97 Å². The smallest absolute Gasteiger partial charge is 0.337 e.